The number of hydrogen-bond acceptors (Lipinski definition) is 0. The molecule has 2 heteroatoms. The molecule has 0 N–H and O–H groups in total. The summed E-state index contributed by atoms with van der Waals surface area (Å²) in [5.74, 6) is 1.17. The van der Waals surface area contributed by atoms with Gasteiger partial charge in [0.15, 0.2) is 0 Å². The van der Waals surface area contributed by atoms with Crippen LogP contribution in [0.15, 0.2) is 121 Å². The molecule has 0 radical (unpaired) electrons. The molecule has 6 bridgehead atoms. The van der Waals surface area contributed by atoms with Crippen LogP contribution >= 0.6 is 23.2 Å². The number of hydrogen-bond donors (Lipinski definition) is 0. The van der Waals surface area contributed by atoms with Crippen molar-refractivity contribution in [3.63, 3.8) is 0 Å². The Morgan fingerprint density at radius 2 is 0.457 bits per heavy atom. The van der Waals surface area contributed by atoms with Crippen LogP contribution in [0.3, 0.4) is 0 Å². The predicted octanol–water partition coefficient (Wildman–Crippen LogP) is 10.5. The summed E-state index contributed by atoms with van der Waals surface area (Å²) in [6.07, 6.45) is 0. The van der Waals surface area contributed by atoms with Crippen LogP contribution in [0, 0.1) is 0 Å². The lowest BCUT2D eigenvalue weighted by Crippen LogP contribution is -2.43. The van der Waals surface area contributed by atoms with E-state index in [0.717, 1.165) is 0 Å². The largest absolute Gasteiger partial charge is 0.120 e. The van der Waals surface area contributed by atoms with Gasteiger partial charge in [0.05, 0.1) is 10.8 Å². The molecule has 0 fully saturated rings. The van der Waals surface area contributed by atoms with E-state index in [-0.39, 0.29) is 46.3 Å². The van der Waals surface area contributed by atoms with Gasteiger partial charge < -0.3 is 0 Å². The van der Waals surface area contributed by atoms with Gasteiger partial charge in [-0.05, 0) is 89.0 Å². The molecule has 0 aliphatic heterocycles. The summed E-state index contributed by atoms with van der Waals surface area (Å²) in [5.41, 5.74) is 23.1. The van der Waals surface area contributed by atoms with E-state index in [1.165, 1.54) is 89.0 Å². The highest BCUT2D eigenvalue weighted by molar-refractivity contribution is 6.31. The van der Waals surface area contributed by atoms with Crippen molar-refractivity contribution in [2.24, 2.45) is 0 Å². The topological polar surface area (TPSA) is 0 Å². The summed E-state index contributed by atoms with van der Waals surface area (Å²) in [5, 5.41) is -0.299. The molecule has 0 unspecified atom stereocenters. The molecule has 0 aromatic heterocycles. The highest BCUT2D eigenvalue weighted by Crippen LogP contribution is 2.64. The zero-order chi connectivity index (χ0) is 30.0. The quantitative estimate of drug-likeness (QED) is 0.147. The van der Waals surface area contributed by atoms with Gasteiger partial charge in [0.1, 0.15) is 0 Å². The molecular formula is C44H28Cl2. The summed E-state index contributed by atoms with van der Waals surface area (Å²) in [7, 11) is 0. The van der Waals surface area contributed by atoms with Crippen LogP contribution in [0.1, 0.15) is 125 Å². The van der Waals surface area contributed by atoms with Crippen LogP contribution in [0.2, 0.25) is 0 Å². The van der Waals surface area contributed by atoms with Gasteiger partial charge >= 0.3 is 0 Å². The molecule has 9 aliphatic rings. The molecule has 46 heavy (non-hydrogen) atoms. The van der Waals surface area contributed by atoms with Crippen molar-refractivity contribution in [3.05, 3.63) is 210 Å². The van der Waals surface area contributed by atoms with Gasteiger partial charge in [0.25, 0.3) is 0 Å². The van der Waals surface area contributed by atoms with Crippen molar-refractivity contribution in [2.45, 2.75) is 46.3 Å². The molecule has 2 atom stereocenters. The standard InChI is InChI=1S/C44H28Cl2/c45-43-41-33-17-29-30(38-22-10-2-1-9-21(22)37(29)23-11-3-4-12-24(23)38)18-34(33)42(44(43)46)36-20-32-31(19-35(36)41)39-25-13-5-7-15-27(25)40(32)28-16-8-6-14-26(28)39/h1-20,37-44H/t37?,38?,39?,40?,41?,42?,43-,44-/m1/s1. The molecule has 9 aliphatic carbocycles. The number of rotatable bonds is 0. The molecule has 6 aromatic rings. The Morgan fingerprint density at radius 1 is 0.261 bits per heavy atom. The first-order chi connectivity index (χ1) is 22.7. The highest BCUT2D eigenvalue weighted by Gasteiger charge is 2.52. The van der Waals surface area contributed by atoms with Crippen molar-refractivity contribution in [2.75, 3.05) is 0 Å². The maximum absolute atomic E-state index is 7.44. The molecule has 0 saturated carbocycles. The van der Waals surface area contributed by atoms with E-state index < -0.39 is 0 Å². The van der Waals surface area contributed by atoms with Crippen molar-refractivity contribution in [1.82, 2.24) is 0 Å². The van der Waals surface area contributed by atoms with Gasteiger partial charge in [-0.15, -0.1) is 23.2 Å². The lowest BCUT2D eigenvalue weighted by molar-refractivity contribution is 0.529. The number of benzene rings is 6. The molecule has 0 amide bonds. The average Bonchev–Trinajstić information content (AvgIpc) is 3.11. The maximum Gasteiger partial charge on any atom is 0.0618 e. The van der Waals surface area contributed by atoms with Gasteiger partial charge in [-0.3, -0.25) is 0 Å². The third-order valence-corrected chi connectivity index (χ3v) is 13.8. The molecule has 218 valence electrons. The molecule has 0 heterocycles. The van der Waals surface area contributed by atoms with Crippen LogP contribution in [-0.4, -0.2) is 10.8 Å². The zero-order valence-corrected chi connectivity index (χ0v) is 26.4. The summed E-state index contributed by atoms with van der Waals surface area (Å²) in [6, 6.07) is 46.7. The van der Waals surface area contributed by atoms with Crippen LogP contribution in [-0.2, 0) is 0 Å². The summed E-state index contributed by atoms with van der Waals surface area (Å²) in [4.78, 5) is 0. The number of alkyl halides is 2. The van der Waals surface area contributed by atoms with Gasteiger partial charge in [0.2, 0.25) is 0 Å². The minimum atomic E-state index is -0.150. The Labute approximate surface area is 278 Å². The Hall–Kier alpha value is -4.10. The van der Waals surface area contributed by atoms with Crippen LogP contribution in [0.5, 0.6) is 0 Å². The van der Waals surface area contributed by atoms with Crippen molar-refractivity contribution in [3.8, 4) is 0 Å². The fourth-order valence-electron chi connectivity index (χ4n) is 11.0. The Bertz CT molecular complexity index is 1950. The van der Waals surface area contributed by atoms with Crippen LogP contribution in [0.4, 0.5) is 0 Å². The molecule has 6 aromatic carbocycles. The van der Waals surface area contributed by atoms with Crippen LogP contribution in [0.25, 0.3) is 0 Å². The first kappa shape index (κ1) is 25.0. The van der Waals surface area contributed by atoms with E-state index >= 15 is 0 Å². The van der Waals surface area contributed by atoms with E-state index in [9.17, 15) is 0 Å². The van der Waals surface area contributed by atoms with Crippen molar-refractivity contribution >= 4 is 23.2 Å². The number of fused-ring (bicyclic) bond motifs is 1. The lowest BCUT2D eigenvalue weighted by atomic mass is 9.55. The maximum atomic E-state index is 7.44. The van der Waals surface area contributed by atoms with E-state index in [2.05, 4.69) is 121 Å². The smallest absolute Gasteiger partial charge is 0.0618 e. The molecule has 0 saturated heterocycles. The molecule has 0 nitrogen and oxygen atoms in total. The molecular weight excluding hydrogens is 599 g/mol. The van der Waals surface area contributed by atoms with E-state index in [0.29, 0.717) is 0 Å². The number of halogens is 2. The lowest BCUT2D eigenvalue weighted by Gasteiger charge is -2.50. The minimum Gasteiger partial charge on any atom is -0.120 e. The van der Waals surface area contributed by atoms with Gasteiger partial charge in [0, 0.05) is 35.5 Å². The molecule has 0 spiro atoms. The Kier molecular flexibility index (Phi) is 4.59. The summed E-state index contributed by atoms with van der Waals surface area (Å²) in [6.45, 7) is 0. The zero-order valence-electron chi connectivity index (χ0n) is 24.9. The SMILES string of the molecule is Cl[C@@H]1C2c3cc4c(cc3C(c3cc5c(cc32)C2c3ccccc3C5c3ccccc32)[C@H]1Cl)C1c2ccccc2C4c2ccccc21. The summed E-state index contributed by atoms with van der Waals surface area (Å²) < 4.78 is 0. The first-order valence-electron chi connectivity index (χ1n) is 16.7. The van der Waals surface area contributed by atoms with Crippen molar-refractivity contribution < 1.29 is 0 Å². The monoisotopic (exact) mass is 626 g/mol. The normalized spacial score (nSPS) is 28.7. The van der Waals surface area contributed by atoms with Gasteiger partial charge in [-0.1, -0.05) is 121 Å². The van der Waals surface area contributed by atoms with Crippen LogP contribution < -0.4 is 0 Å². The fourth-order valence-corrected chi connectivity index (χ4v) is 11.8. The second-order valence-corrected chi connectivity index (χ2v) is 15.3. The average molecular weight is 628 g/mol. The second kappa shape index (κ2) is 8.43. The van der Waals surface area contributed by atoms with E-state index in [1.54, 1.807) is 0 Å². The third-order valence-electron chi connectivity index (χ3n) is 12.6. The molecule has 15 rings (SSSR count). The Balaban J connectivity index is 1.10. The van der Waals surface area contributed by atoms with Gasteiger partial charge in [-0.2, -0.15) is 0 Å². The second-order valence-electron chi connectivity index (χ2n) is 14.3. The third kappa shape index (κ3) is 2.76. The highest BCUT2D eigenvalue weighted by atomic mass is 35.5. The van der Waals surface area contributed by atoms with E-state index in [4.69, 9.17) is 23.2 Å². The van der Waals surface area contributed by atoms with E-state index in [1.807, 2.05) is 0 Å². The Morgan fingerprint density at radius 3 is 0.652 bits per heavy atom. The predicted molar refractivity (Wildman–Crippen MR) is 185 cm³/mol. The van der Waals surface area contributed by atoms with Crippen molar-refractivity contribution in [1.29, 1.82) is 0 Å². The minimum absolute atomic E-state index is 0.0756. The van der Waals surface area contributed by atoms with Gasteiger partial charge in [-0.25, -0.2) is 0 Å². The fraction of sp³-hybridized carbons (Fsp3) is 0.182. The first-order valence-corrected chi connectivity index (χ1v) is 17.5. The summed E-state index contributed by atoms with van der Waals surface area (Å²) >= 11 is 14.9.